The number of carbonyl (C=O) groups is 1. The summed E-state index contributed by atoms with van der Waals surface area (Å²) in [5.41, 5.74) is 3.28. The van der Waals surface area contributed by atoms with Crippen LogP contribution in [0, 0.1) is 13.8 Å². The molecule has 140 valence electrons. The summed E-state index contributed by atoms with van der Waals surface area (Å²) in [6.07, 6.45) is 2.80. The second kappa shape index (κ2) is 9.09. The Bertz CT molecular complexity index is 792. The van der Waals surface area contributed by atoms with E-state index < -0.39 is 0 Å². The van der Waals surface area contributed by atoms with Gasteiger partial charge in [0, 0.05) is 29.9 Å². The molecule has 0 saturated heterocycles. The molecule has 1 N–H and O–H groups in total. The maximum Gasteiger partial charge on any atom is 0.224 e. The van der Waals surface area contributed by atoms with E-state index in [4.69, 9.17) is 21.1 Å². The van der Waals surface area contributed by atoms with Crippen LogP contribution in [0.2, 0.25) is 5.02 Å². The van der Waals surface area contributed by atoms with Crippen molar-refractivity contribution in [2.75, 3.05) is 25.8 Å². The lowest BCUT2D eigenvalue weighted by atomic mass is 10.1. The van der Waals surface area contributed by atoms with E-state index >= 15 is 0 Å². The number of benzene rings is 1. The number of rotatable bonds is 7. The highest BCUT2D eigenvalue weighted by atomic mass is 35.5. The molecule has 1 aromatic carbocycles. The lowest BCUT2D eigenvalue weighted by molar-refractivity contribution is -0.116. The third-order valence-electron chi connectivity index (χ3n) is 3.93. The molecule has 0 radical (unpaired) electrons. The van der Waals surface area contributed by atoms with Gasteiger partial charge in [0.15, 0.2) is 16.7 Å². The number of nitrogens with zero attached hydrogens (tertiary/aromatic N) is 2. The zero-order chi connectivity index (χ0) is 19.3. The standard InChI is InChI=1S/C18H22ClN3O3S/c1-10-12(11(2)21-18(20-10)26-5)6-7-17(23)22-14-9-16(25-4)15(24-3)8-13(14)19/h8-9H,6-7H2,1-5H3,(H,22,23). The average Bonchev–Trinajstić information content (AvgIpc) is 2.61. The Hall–Kier alpha value is -1.99. The number of halogens is 1. The molecular formula is C18H22ClN3O3S. The summed E-state index contributed by atoms with van der Waals surface area (Å²) in [5, 5.41) is 3.94. The lowest BCUT2D eigenvalue weighted by Crippen LogP contribution is -2.14. The van der Waals surface area contributed by atoms with Crippen molar-refractivity contribution in [3.63, 3.8) is 0 Å². The molecule has 0 unspecified atom stereocenters. The van der Waals surface area contributed by atoms with Crippen molar-refractivity contribution in [3.05, 3.63) is 34.1 Å². The number of aromatic nitrogens is 2. The molecule has 0 aliphatic heterocycles. The van der Waals surface area contributed by atoms with E-state index in [2.05, 4.69) is 15.3 Å². The molecule has 2 rings (SSSR count). The predicted octanol–water partition coefficient (Wildman–Crippen LogP) is 4.06. The summed E-state index contributed by atoms with van der Waals surface area (Å²) >= 11 is 7.71. The van der Waals surface area contributed by atoms with Crippen LogP contribution < -0.4 is 14.8 Å². The molecule has 0 aliphatic rings. The Morgan fingerprint density at radius 3 is 2.27 bits per heavy atom. The predicted molar refractivity (Wildman–Crippen MR) is 105 cm³/mol. The molecule has 6 nitrogen and oxygen atoms in total. The van der Waals surface area contributed by atoms with Crippen LogP contribution in [0.25, 0.3) is 0 Å². The summed E-state index contributed by atoms with van der Waals surface area (Å²) in [7, 11) is 3.06. The van der Waals surface area contributed by atoms with Gasteiger partial charge >= 0.3 is 0 Å². The van der Waals surface area contributed by atoms with Gasteiger partial charge in [-0.05, 0) is 32.1 Å². The fourth-order valence-corrected chi connectivity index (χ4v) is 3.22. The molecule has 0 spiro atoms. The number of amides is 1. The van der Waals surface area contributed by atoms with Gasteiger partial charge in [-0.15, -0.1) is 0 Å². The molecule has 0 atom stereocenters. The van der Waals surface area contributed by atoms with Crippen LogP contribution >= 0.6 is 23.4 Å². The molecule has 0 fully saturated rings. The molecule has 0 bridgehead atoms. The van der Waals surface area contributed by atoms with Crippen molar-refractivity contribution in [2.45, 2.75) is 31.8 Å². The van der Waals surface area contributed by atoms with Gasteiger partial charge in [-0.1, -0.05) is 23.4 Å². The molecule has 0 aliphatic carbocycles. The average molecular weight is 396 g/mol. The molecule has 1 heterocycles. The van der Waals surface area contributed by atoms with Gasteiger partial charge in [-0.25, -0.2) is 9.97 Å². The first kappa shape index (κ1) is 20.3. The van der Waals surface area contributed by atoms with Gasteiger partial charge < -0.3 is 14.8 Å². The third kappa shape index (κ3) is 4.80. The quantitative estimate of drug-likeness (QED) is 0.563. The minimum Gasteiger partial charge on any atom is -0.493 e. The van der Waals surface area contributed by atoms with Gasteiger partial charge in [0.25, 0.3) is 0 Å². The van der Waals surface area contributed by atoms with Crippen LogP contribution in [-0.4, -0.2) is 36.4 Å². The number of thioether (sulfide) groups is 1. The smallest absolute Gasteiger partial charge is 0.224 e. The largest absolute Gasteiger partial charge is 0.493 e. The van der Waals surface area contributed by atoms with E-state index in [1.807, 2.05) is 20.1 Å². The Kier molecular flexibility index (Phi) is 7.11. The maximum absolute atomic E-state index is 12.4. The van der Waals surface area contributed by atoms with Crippen molar-refractivity contribution in [3.8, 4) is 11.5 Å². The van der Waals surface area contributed by atoms with Crippen molar-refractivity contribution < 1.29 is 14.3 Å². The second-order valence-corrected chi connectivity index (χ2v) is 6.78. The maximum atomic E-state index is 12.4. The van der Waals surface area contributed by atoms with Gasteiger partial charge in [0.05, 0.1) is 24.9 Å². The number of nitrogens with one attached hydrogen (secondary N) is 1. The highest BCUT2D eigenvalue weighted by molar-refractivity contribution is 7.98. The summed E-state index contributed by atoms with van der Waals surface area (Å²) in [6.45, 7) is 3.87. The molecule has 1 aromatic heterocycles. The van der Waals surface area contributed by atoms with Crippen LogP contribution in [0.15, 0.2) is 17.3 Å². The fraction of sp³-hybridized carbons (Fsp3) is 0.389. The van der Waals surface area contributed by atoms with Gasteiger partial charge in [0.2, 0.25) is 5.91 Å². The van der Waals surface area contributed by atoms with Crippen LogP contribution in [0.5, 0.6) is 11.5 Å². The number of hydrogen-bond donors (Lipinski definition) is 1. The van der Waals surface area contributed by atoms with Crippen molar-refractivity contribution >= 4 is 35.0 Å². The van der Waals surface area contributed by atoms with E-state index in [0.29, 0.717) is 35.1 Å². The summed E-state index contributed by atoms with van der Waals surface area (Å²) in [4.78, 5) is 21.2. The first-order valence-corrected chi connectivity index (χ1v) is 9.59. The van der Waals surface area contributed by atoms with Gasteiger partial charge in [0.1, 0.15) is 0 Å². The Labute approximate surface area is 162 Å². The normalized spacial score (nSPS) is 10.5. The lowest BCUT2D eigenvalue weighted by Gasteiger charge is -2.13. The SMILES string of the molecule is COc1cc(Cl)c(NC(=O)CCc2c(C)nc(SC)nc2C)cc1OC. The molecule has 1 amide bonds. The number of hydrogen-bond acceptors (Lipinski definition) is 6. The van der Waals surface area contributed by atoms with E-state index in [1.165, 1.54) is 26.0 Å². The highest BCUT2D eigenvalue weighted by Crippen LogP contribution is 2.36. The molecule has 0 saturated carbocycles. The van der Waals surface area contributed by atoms with E-state index in [9.17, 15) is 4.79 Å². The summed E-state index contributed by atoms with van der Waals surface area (Å²) in [6, 6.07) is 3.26. The van der Waals surface area contributed by atoms with Crippen LogP contribution in [0.1, 0.15) is 23.4 Å². The number of ether oxygens (including phenoxy) is 2. The Morgan fingerprint density at radius 2 is 1.73 bits per heavy atom. The fourth-order valence-electron chi connectivity index (χ4n) is 2.56. The highest BCUT2D eigenvalue weighted by Gasteiger charge is 2.14. The van der Waals surface area contributed by atoms with Crippen molar-refractivity contribution in [2.24, 2.45) is 0 Å². The van der Waals surface area contributed by atoms with Gasteiger partial charge in [-0.3, -0.25) is 4.79 Å². The zero-order valence-electron chi connectivity index (χ0n) is 15.5. The van der Waals surface area contributed by atoms with Gasteiger partial charge in [-0.2, -0.15) is 0 Å². The summed E-state index contributed by atoms with van der Waals surface area (Å²) < 4.78 is 10.4. The Morgan fingerprint density at radius 1 is 1.15 bits per heavy atom. The van der Waals surface area contributed by atoms with Crippen LogP contribution in [-0.2, 0) is 11.2 Å². The first-order valence-electron chi connectivity index (χ1n) is 7.99. The number of anilines is 1. The Balaban J connectivity index is 2.08. The number of carbonyl (C=O) groups excluding carboxylic acids is 1. The number of methoxy groups -OCH3 is 2. The first-order chi connectivity index (χ1) is 12.4. The van der Waals surface area contributed by atoms with Crippen LogP contribution in [0.4, 0.5) is 5.69 Å². The van der Waals surface area contributed by atoms with E-state index in [-0.39, 0.29) is 5.91 Å². The molecular weight excluding hydrogens is 374 g/mol. The van der Waals surface area contributed by atoms with Crippen molar-refractivity contribution in [1.29, 1.82) is 0 Å². The van der Waals surface area contributed by atoms with Crippen molar-refractivity contribution in [1.82, 2.24) is 9.97 Å². The monoisotopic (exact) mass is 395 g/mol. The van der Waals surface area contributed by atoms with E-state index in [1.54, 1.807) is 12.1 Å². The zero-order valence-corrected chi connectivity index (χ0v) is 17.0. The van der Waals surface area contributed by atoms with Crippen LogP contribution in [0.3, 0.4) is 0 Å². The molecule has 2 aromatic rings. The molecule has 8 heteroatoms. The number of aryl methyl sites for hydroxylation is 2. The topological polar surface area (TPSA) is 73.3 Å². The molecule has 26 heavy (non-hydrogen) atoms. The van der Waals surface area contributed by atoms with E-state index in [0.717, 1.165) is 22.1 Å². The minimum atomic E-state index is -0.146. The third-order valence-corrected chi connectivity index (χ3v) is 4.79. The summed E-state index contributed by atoms with van der Waals surface area (Å²) in [5.74, 6) is 0.861. The minimum absolute atomic E-state index is 0.146. The second-order valence-electron chi connectivity index (χ2n) is 5.59.